The summed E-state index contributed by atoms with van der Waals surface area (Å²) in [7, 11) is 0. The Labute approximate surface area is 851 Å². The highest BCUT2D eigenvalue weighted by Crippen LogP contribution is 2.19. The van der Waals surface area contributed by atoms with Gasteiger partial charge in [0.15, 0.2) is 5.65 Å². The van der Waals surface area contributed by atoms with Crippen LogP contribution in [-0.4, -0.2) is 110 Å². The minimum atomic E-state index is 0.818. The van der Waals surface area contributed by atoms with Crippen LogP contribution in [-0.2, 0) is 0 Å². The second-order valence-corrected chi connectivity index (χ2v) is 28.0. The zero-order valence-corrected chi connectivity index (χ0v) is 91.1. The van der Waals surface area contributed by atoms with Crippen LogP contribution in [0.4, 0.5) is 0 Å². The lowest BCUT2D eigenvalue weighted by Crippen LogP contribution is -1.85. The molecule has 0 spiro atoms. The molecule has 22 aromatic rings. The van der Waals surface area contributed by atoms with Crippen molar-refractivity contribution in [1.29, 1.82) is 0 Å². The molecule has 0 aliphatic rings. The van der Waals surface area contributed by atoms with Crippen LogP contribution in [0, 0.1) is 76.2 Å². The Morgan fingerprint density at radius 1 is 0.154 bits per heavy atom. The van der Waals surface area contributed by atoms with Gasteiger partial charge >= 0.3 is 0 Å². The van der Waals surface area contributed by atoms with E-state index in [9.17, 15) is 0 Å². The van der Waals surface area contributed by atoms with Gasteiger partial charge in [0.25, 0.3) is 0 Å². The average molecular weight is 1920 g/mol. The number of hydrogen-bond donors (Lipinski definition) is 0. The third kappa shape index (κ3) is 46.2. The van der Waals surface area contributed by atoms with Gasteiger partial charge < -0.3 is 0 Å². The van der Waals surface area contributed by atoms with Crippen LogP contribution in [0.5, 0.6) is 0 Å². The molecule has 22 nitrogen and oxygen atoms in total. The minimum absolute atomic E-state index is 0.818. The number of aromatic nitrogens is 22. The first kappa shape index (κ1) is 125. The Balaban J connectivity index is 0.000000771. The van der Waals surface area contributed by atoms with E-state index >= 15 is 0 Å². The minimum Gasteiger partial charge on any atom is -0.264 e. The van der Waals surface area contributed by atoms with Crippen LogP contribution in [0.15, 0.2) is 337 Å². The fourth-order valence-electron chi connectivity index (χ4n) is 12.0. The van der Waals surface area contributed by atoms with Gasteiger partial charge in [0.05, 0.1) is 62.7 Å². The van der Waals surface area contributed by atoms with Crippen molar-refractivity contribution in [1.82, 2.24) is 110 Å². The predicted octanol–water partition coefficient (Wildman–Crippen LogP) is 32.6. The van der Waals surface area contributed by atoms with E-state index in [0.29, 0.717) is 0 Å². The normalized spacial score (nSPS) is 9.15. The van der Waals surface area contributed by atoms with Crippen LogP contribution < -0.4 is 0 Å². The number of aryl methyl sites for hydroxylation is 11. The van der Waals surface area contributed by atoms with Crippen LogP contribution in [0.25, 0.3) is 120 Å². The highest BCUT2D eigenvalue weighted by atomic mass is 14.8. The van der Waals surface area contributed by atoms with Crippen LogP contribution in [0.1, 0.15) is 214 Å². The van der Waals surface area contributed by atoms with Gasteiger partial charge in [-0.15, -0.1) is 0 Å². The Morgan fingerprint density at radius 2 is 0.538 bits per heavy atom. The Bertz CT molecular complexity index is 5840. The van der Waals surface area contributed by atoms with Crippen molar-refractivity contribution in [3.8, 4) is 0 Å². The molecule has 748 valence electrons. The molecule has 0 aliphatic heterocycles. The molecule has 0 bridgehead atoms. The zero-order valence-electron chi connectivity index (χ0n) is 91.1. The first-order chi connectivity index (χ1) is 70.0. The highest BCUT2D eigenvalue weighted by Gasteiger charge is 2.02. The summed E-state index contributed by atoms with van der Waals surface area (Å²) in [4.78, 5) is 90.4. The molecule has 0 atom stereocenters. The van der Waals surface area contributed by atoms with Crippen molar-refractivity contribution < 1.29 is 0 Å². The molecule has 0 saturated heterocycles. The largest absolute Gasteiger partial charge is 0.264 e. The van der Waals surface area contributed by atoms with E-state index < -0.39 is 0 Å². The molecule has 0 aliphatic carbocycles. The van der Waals surface area contributed by atoms with Gasteiger partial charge in [0.1, 0.15) is 19.0 Å². The molecule has 0 saturated carbocycles. The van der Waals surface area contributed by atoms with E-state index in [1.807, 2.05) is 410 Å². The van der Waals surface area contributed by atoms with Gasteiger partial charge in [-0.05, 0) is 237 Å². The highest BCUT2D eigenvalue weighted by molar-refractivity contribution is 5.85. The second kappa shape index (κ2) is 77.0. The van der Waals surface area contributed by atoms with Crippen molar-refractivity contribution in [2.45, 2.75) is 228 Å². The van der Waals surface area contributed by atoms with E-state index in [-0.39, 0.29) is 0 Å². The van der Waals surface area contributed by atoms with E-state index in [0.717, 1.165) is 149 Å². The van der Waals surface area contributed by atoms with Gasteiger partial charge in [-0.2, -0.15) is 0 Å². The van der Waals surface area contributed by atoms with Crippen molar-refractivity contribution >= 4 is 120 Å². The van der Waals surface area contributed by atoms with Gasteiger partial charge in [0, 0.05) is 217 Å². The summed E-state index contributed by atoms with van der Waals surface area (Å²) in [6.07, 6.45) is 44.5. The first-order valence-electron chi connectivity index (χ1n) is 49.8. The lowest BCUT2D eigenvalue weighted by Gasteiger charge is -1.96. The lowest BCUT2D eigenvalue weighted by molar-refractivity contribution is 1.15. The van der Waals surface area contributed by atoms with E-state index in [1.165, 1.54) is 33.2 Å². The summed E-state index contributed by atoms with van der Waals surface area (Å²) in [5.74, 6) is 0. The van der Waals surface area contributed by atoms with Crippen LogP contribution in [0.3, 0.4) is 0 Å². The summed E-state index contributed by atoms with van der Waals surface area (Å²) >= 11 is 0. The molecule has 19 heterocycles. The molecule has 19 aromatic heterocycles. The molecule has 22 rings (SSSR count). The summed E-state index contributed by atoms with van der Waals surface area (Å²) in [5.41, 5.74) is 20.9. The maximum Gasteiger partial charge on any atom is 0.159 e. The van der Waals surface area contributed by atoms with Gasteiger partial charge in [-0.3, -0.25) is 69.8 Å². The summed E-state index contributed by atoms with van der Waals surface area (Å²) in [5, 5.41) is 14.7. The fourth-order valence-corrected chi connectivity index (χ4v) is 12.0. The average Bonchev–Trinajstić information content (AvgIpc) is 0.839. The van der Waals surface area contributed by atoms with Crippen molar-refractivity contribution in [3.05, 3.63) is 399 Å². The zero-order chi connectivity index (χ0) is 106. The first-order valence-corrected chi connectivity index (χ1v) is 49.8. The molecule has 0 amide bonds. The molecule has 0 radical (unpaired) electrons. The number of nitrogens with zero attached hydrogens (tertiary/aromatic N) is 22. The summed E-state index contributed by atoms with van der Waals surface area (Å²) < 4.78 is 0. The third-order valence-corrected chi connectivity index (χ3v) is 18.1. The van der Waals surface area contributed by atoms with Gasteiger partial charge in [-0.1, -0.05) is 206 Å². The molecule has 143 heavy (non-hydrogen) atoms. The maximum atomic E-state index is 4.31. The molecule has 22 heteroatoms. The van der Waals surface area contributed by atoms with E-state index in [1.54, 1.807) is 87.1 Å². The second-order valence-electron chi connectivity index (χ2n) is 28.0. The number of hydrogen-bond acceptors (Lipinski definition) is 22. The monoisotopic (exact) mass is 1920 g/mol. The fraction of sp³-hybridized carbons (Fsp3) is 0.273. The third-order valence-electron chi connectivity index (χ3n) is 18.1. The standard InChI is InChI=1S/11C9H8N2.11C2H6/c1-7-4-9-5-10-3-2-8(9)6-11-7;1-7-4-8-2-3-10-5-9(8)6-11-7;1-7-4-8-6-10-3-2-9(8)11-5-7;1-7-4-8-2-3-10-6-9(8)11-5-7;1-7-2-3-9-8(4-7)5-10-6-11-9;1-7-2-3-8-5-10-6-11-9(8)4-7;1-7-2-3-8-4-5-10-6-9(8)11-7;1-7-5-9-8(6-11-7)3-2-4-10-9;1-7-5-8-3-2-4-10-9(8)6-11-7;1-7-5-8-3-2-4-10-9(8)11-6-7;1-7-8-4-2-3-5-9(8)11-6-10-7;11*1-2/h11*2-6H,1H3;11*1-2H3. The topological polar surface area (TPSA) is 284 Å². The van der Waals surface area contributed by atoms with Crippen molar-refractivity contribution in [2.75, 3.05) is 0 Å². The van der Waals surface area contributed by atoms with Crippen LogP contribution >= 0.6 is 0 Å². The van der Waals surface area contributed by atoms with Crippen LogP contribution in [0.2, 0.25) is 0 Å². The predicted molar refractivity (Wildman–Crippen MR) is 612 cm³/mol. The van der Waals surface area contributed by atoms with E-state index in [4.69, 9.17) is 0 Å². The summed E-state index contributed by atoms with van der Waals surface area (Å²) in [6, 6.07) is 60.3. The summed E-state index contributed by atoms with van der Waals surface area (Å²) in [6.45, 7) is 66.1. The van der Waals surface area contributed by atoms with Gasteiger partial charge in [-0.25, -0.2) is 39.9 Å². The van der Waals surface area contributed by atoms with Crippen molar-refractivity contribution in [3.63, 3.8) is 0 Å². The lowest BCUT2D eigenvalue weighted by atomic mass is 10.2. The molecule has 0 N–H and O–H groups in total. The molecular weight excluding hydrogens is 1760 g/mol. The van der Waals surface area contributed by atoms with Crippen molar-refractivity contribution in [2.24, 2.45) is 0 Å². The molecule has 3 aromatic carbocycles. The van der Waals surface area contributed by atoms with Gasteiger partial charge in [0.2, 0.25) is 0 Å². The quantitative estimate of drug-likeness (QED) is 0.136. The smallest absolute Gasteiger partial charge is 0.159 e. The number of rotatable bonds is 0. The Hall–Kier alpha value is -15.8. The number of pyridine rings is 16. The van der Waals surface area contributed by atoms with E-state index in [2.05, 4.69) is 178 Å². The molecule has 0 unspecified atom stereocenters. The number of benzene rings is 3. The number of para-hydroxylation sites is 1. The maximum absolute atomic E-state index is 4.31. The SMILES string of the molecule is CC.CC.CC.CC.CC.CC.CC.CC.CC.CC.CC.Cc1cc2cccnc2cn1.Cc1cc2ccncc2cn1.Cc1cc2cnccc2cn1.Cc1cc2ncccc2cn1.Cc1ccc2ccncc2n1.Cc1ccc2cncnc2c1.Cc1ccc2ncncc2c1.Cc1cnc2ccncc2c1.Cc1cnc2cnccc2c1.Cc1cnc2ncccc2c1.Cc1ncnc2ccccc12. The molecule has 0 fully saturated rings. The molecular formula is C121H154N22. The Morgan fingerprint density at radius 3 is 1.17 bits per heavy atom. The number of fused-ring (bicyclic) bond motifs is 11. The Kier molecular flexibility index (Phi) is 67.4.